The van der Waals surface area contributed by atoms with Gasteiger partial charge in [-0.2, -0.15) is 0 Å². The Hall–Kier alpha value is -1.42. The summed E-state index contributed by atoms with van der Waals surface area (Å²) in [7, 11) is 0. The zero-order valence-corrected chi connectivity index (χ0v) is 9.18. The van der Waals surface area contributed by atoms with Gasteiger partial charge in [-0.3, -0.25) is 9.78 Å². The Labute approximate surface area is 90.1 Å². The van der Waals surface area contributed by atoms with Gasteiger partial charge in [0, 0.05) is 12.2 Å². The molecule has 1 rings (SSSR count). The highest BCUT2D eigenvalue weighted by Crippen LogP contribution is 2.05. The molecule has 0 aliphatic rings. The molecule has 82 valence electrons. The molecule has 4 nitrogen and oxygen atoms in total. The molecule has 0 spiro atoms. The Morgan fingerprint density at radius 1 is 1.53 bits per heavy atom. The predicted molar refractivity (Wildman–Crippen MR) is 59.0 cm³/mol. The van der Waals surface area contributed by atoms with Crippen molar-refractivity contribution in [2.45, 2.75) is 26.4 Å². The number of carbonyl (C=O) groups excluding carboxylic acids is 1. The van der Waals surface area contributed by atoms with Crippen molar-refractivity contribution in [1.29, 1.82) is 0 Å². The average molecular weight is 207 g/mol. The summed E-state index contributed by atoms with van der Waals surface area (Å²) >= 11 is 0. The van der Waals surface area contributed by atoms with Gasteiger partial charge in [0.15, 0.2) is 0 Å². The summed E-state index contributed by atoms with van der Waals surface area (Å²) in [5.41, 5.74) is 6.24. The van der Waals surface area contributed by atoms with Crippen molar-refractivity contribution in [1.82, 2.24) is 9.88 Å². The topological polar surface area (TPSA) is 59.2 Å². The molecule has 1 aromatic rings. The predicted octanol–water partition coefficient (Wildman–Crippen LogP) is 0.777. The van der Waals surface area contributed by atoms with Crippen LogP contribution in [-0.2, 0) is 11.3 Å². The van der Waals surface area contributed by atoms with Crippen LogP contribution < -0.4 is 5.73 Å². The second-order valence-electron chi connectivity index (χ2n) is 3.64. The normalized spacial score (nSPS) is 10.4. The molecule has 2 N–H and O–H groups in total. The molecule has 15 heavy (non-hydrogen) atoms. The van der Waals surface area contributed by atoms with Crippen molar-refractivity contribution in [2.24, 2.45) is 5.73 Å². The molecule has 0 saturated heterocycles. The van der Waals surface area contributed by atoms with Crippen LogP contribution in [0.15, 0.2) is 24.4 Å². The number of hydrogen-bond acceptors (Lipinski definition) is 3. The van der Waals surface area contributed by atoms with Gasteiger partial charge in [0.2, 0.25) is 5.91 Å². The van der Waals surface area contributed by atoms with E-state index in [0.717, 1.165) is 5.69 Å². The third kappa shape index (κ3) is 3.32. The molecule has 4 heteroatoms. The fourth-order valence-corrected chi connectivity index (χ4v) is 1.34. The van der Waals surface area contributed by atoms with E-state index in [2.05, 4.69) is 4.98 Å². The Bertz CT molecular complexity index is 311. The maximum atomic E-state index is 11.5. The van der Waals surface area contributed by atoms with E-state index in [-0.39, 0.29) is 18.5 Å². The van der Waals surface area contributed by atoms with Crippen LogP contribution in [-0.4, -0.2) is 28.4 Å². The van der Waals surface area contributed by atoms with E-state index in [4.69, 9.17) is 5.73 Å². The maximum absolute atomic E-state index is 11.5. The third-order valence-electron chi connectivity index (χ3n) is 2.18. The van der Waals surface area contributed by atoms with Gasteiger partial charge < -0.3 is 10.6 Å². The monoisotopic (exact) mass is 207 g/mol. The van der Waals surface area contributed by atoms with Crippen LogP contribution in [0.5, 0.6) is 0 Å². The molecular weight excluding hydrogens is 190 g/mol. The number of nitrogens with zero attached hydrogens (tertiary/aromatic N) is 2. The summed E-state index contributed by atoms with van der Waals surface area (Å²) in [5.74, 6) is -0.0457. The number of carbonyl (C=O) groups is 1. The van der Waals surface area contributed by atoms with Gasteiger partial charge in [0.05, 0.1) is 18.8 Å². The van der Waals surface area contributed by atoms with Gasteiger partial charge in [-0.15, -0.1) is 0 Å². The lowest BCUT2D eigenvalue weighted by molar-refractivity contribution is -0.132. The number of amides is 1. The molecule has 0 fully saturated rings. The van der Waals surface area contributed by atoms with Crippen LogP contribution in [0.3, 0.4) is 0 Å². The highest BCUT2D eigenvalue weighted by atomic mass is 16.2. The lowest BCUT2D eigenvalue weighted by Crippen LogP contribution is -2.40. The van der Waals surface area contributed by atoms with E-state index in [1.807, 2.05) is 32.0 Å². The molecule has 1 amide bonds. The SMILES string of the molecule is CC(C)N(Cc1ccccn1)C(=O)CN. The zero-order chi connectivity index (χ0) is 11.3. The molecule has 1 aromatic heterocycles. The van der Waals surface area contributed by atoms with E-state index in [1.165, 1.54) is 0 Å². The van der Waals surface area contributed by atoms with Crippen LogP contribution >= 0.6 is 0 Å². The second kappa shape index (κ2) is 5.46. The number of nitrogens with two attached hydrogens (primary N) is 1. The van der Waals surface area contributed by atoms with Gasteiger partial charge >= 0.3 is 0 Å². The van der Waals surface area contributed by atoms with Gasteiger partial charge in [-0.25, -0.2) is 0 Å². The average Bonchev–Trinajstić information content (AvgIpc) is 2.26. The summed E-state index contributed by atoms with van der Waals surface area (Å²) in [6.07, 6.45) is 1.72. The van der Waals surface area contributed by atoms with Crippen molar-refractivity contribution in [3.63, 3.8) is 0 Å². The van der Waals surface area contributed by atoms with Gasteiger partial charge in [0.25, 0.3) is 0 Å². The maximum Gasteiger partial charge on any atom is 0.236 e. The molecule has 0 aliphatic heterocycles. The first-order valence-electron chi connectivity index (χ1n) is 5.04. The minimum Gasteiger partial charge on any atom is -0.333 e. The van der Waals surface area contributed by atoms with Gasteiger partial charge in [-0.1, -0.05) is 6.07 Å². The van der Waals surface area contributed by atoms with Crippen LogP contribution in [0, 0.1) is 0 Å². The van der Waals surface area contributed by atoms with Crippen LogP contribution in [0.1, 0.15) is 19.5 Å². The summed E-state index contributed by atoms with van der Waals surface area (Å²) in [6, 6.07) is 5.81. The lowest BCUT2D eigenvalue weighted by atomic mass is 10.2. The fourth-order valence-electron chi connectivity index (χ4n) is 1.34. The molecule has 0 saturated carbocycles. The highest BCUT2D eigenvalue weighted by Gasteiger charge is 2.15. The van der Waals surface area contributed by atoms with E-state index >= 15 is 0 Å². The van der Waals surface area contributed by atoms with Crippen molar-refractivity contribution < 1.29 is 4.79 Å². The van der Waals surface area contributed by atoms with Crippen molar-refractivity contribution >= 4 is 5.91 Å². The van der Waals surface area contributed by atoms with E-state index in [9.17, 15) is 4.79 Å². The highest BCUT2D eigenvalue weighted by molar-refractivity contribution is 5.78. The zero-order valence-electron chi connectivity index (χ0n) is 9.18. The number of pyridine rings is 1. The van der Waals surface area contributed by atoms with E-state index in [1.54, 1.807) is 11.1 Å². The summed E-state index contributed by atoms with van der Waals surface area (Å²) < 4.78 is 0. The molecule has 0 bridgehead atoms. The van der Waals surface area contributed by atoms with Crippen molar-refractivity contribution in [3.05, 3.63) is 30.1 Å². The molecule has 0 unspecified atom stereocenters. The summed E-state index contributed by atoms with van der Waals surface area (Å²) in [5, 5.41) is 0. The molecule has 0 atom stereocenters. The molecule has 0 aromatic carbocycles. The molecule has 1 heterocycles. The smallest absolute Gasteiger partial charge is 0.236 e. The van der Waals surface area contributed by atoms with Crippen LogP contribution in [0.2, 0.25) is 0 Å². The Morgan fingerprint density at radius 3 is 2.73 bits per heavy atom. The Kier molecular flexibility index (Phi) is 4.24. The standard InChI is InChI=1S/C11H17N3O/c1-9(2)14(11(15)7-12)8-10-5-3-4-6-13-10/h3-6,9H,7-8,12H2,1-2H3. The first-order valence-corrected chi connectivity index (χ1v) is 5.04. The minimum absolute atomic E-state index is 0.0457. The first-order chi connectivity index (χ1) is 7.15. The van der Waals surface area contributed by atoms with E-state index < -0.39 is 0 Å². The first kappa shape index (κ1) is 11.7. The number of hydrogen-bond donors (Lipinski definition) is 1. The van der Waals surface area contributed by atoms with Crippen LogP contribution in [0.4, 0.5) is 0 Å². The fraction of sp³-hybridized carbons (Fsp3) is 0.455. The van der Waals surface area contributed by atoms with Crippen LogP contribution in [0.25, 0.3) is 0 Å². The van der Waals surface area contributed by atoms with Gasteiger partial charge in [-0.05, 0) is 26.0 Å². The quantitative estimate of drug-likeness (QED) is 0.793. The Morgan fingerprint density at radius 2 is 2.27 bits per heavy atom. The molecule has 0 radical (unpaired) electrons. The van der Waals surface area contributed by atoms with E-state index in [0.29, 0.717) is 6.54 Å². The number of rotatable bonds is 4. The Balaban J connectivity index is 2.72. The minimum atomic E-state index is -0.0457. The van der Waals surface area contributed by atoms with Crippen molar-refractivity contribution in [3.8, 4) is 0 Å². The summed E-state index contributed by atoms with van der Waals surface area (Å²) in [6.45, 7) is 4.51. The summed E-state index contributed by atoms with van der Waals surface area (Å²) in [4.78, 5) is 17.4. The molecule has 0 aliphatic carbocycles. The number of aromatic nitrogens is 1. The third-order valence-corrected chi connectivity index (χ3v) is 2.18. The van der Waals surface area contributed by atoms with Gasteiger partial charge in [0.1, 0.15) is 0 Å². The molecular formula is C11H17N3O. The van der Waals surface area contributed by atoms with Crippen molar-refractivity contribution in [2.75, 3.05) is 6.54 Å². The second-order valence-corrected chi connectivity index (χ2v) is 3.64. The lowest BCUT2D eigenvalue weighted by Gasteiger charge is -2.25. The largest absolute Gasteiger partial charge is 0.333 e.